The van der Waals surface area contributed by atoms with Gasteiger partial charge in [-0.15, -0.1) is 0 Å². The van der Waals surface area contributed by atoms with Crippen molar-refractivity contribution in [2.45, 2.75) is 215 Å². The Labute approximate surface area is 300 Å². The first-order chi connectivity index (χ1) is 22.3. The van der Waals surface area contributed by atoms with Crippen LogP contribution < -0.4 is 0 Å². The fraction of sp³-hybridized carbons (Fsp3) is 0.780. The smallest absolute Gasteiger partial charge is 0.137 e. The SMILES string of the molecule is CC(=O)CC(C)=O.CC=CC.CCC(=O)CC.CCC(C)=O.CCC(C)=O.CCCC.CCCC(C)=O.CCCC(C)=O.CCCCC. The molecule has 0 aliphatic heterocycles. The number of allylic oxidation sites excluding steroid dienone is 2. The molecule has 48 heavy (non-hydrogen) atoms. The summed E-state index contributed by atoms with van der Waals surface area (Å²) < 4.78 is 0. The molecule has 0 aromatic carbocycles. The van der Waals surface area contributed by atoms with Crippen LogP contribution in [-0.4, -0.2) is 40.5 Å². The van der Waals surface area contributed by atoms with E-state index in [2.05, 4.69) is 27.7 Å². The lowest BCUT2D eigenvalue weighted by molar-refractivity contribution is -0.125. The molecule has 0 fully saturated rings. The van der Waals surface area contributed by atoms with E-state index in [0.29, 0.717) is 31.5 Å². The van der Waals surface area contributed by atoms with Gasteiger partial charge in [0.1, 0.15) is 40.5 Å². The molecule has 7 heteroatoms. The van der Waals surface area contributed by atoms with Crippen molar-refractivity contribution in [1.29, 1.82) is 0 Å². The minimum atomic E-state index is -0.0625. The average Bonchev–Trinajstić information content (AvgIpc) is 3.02. The van der Waals surface area contributed by atoms with Gasteiger partial charge in [-0.25, -0.2) is 0 Å². The molecule has 0 unspecified atom stereocenters. The number of carbonyl (C=O) groups is 7. The van der Waals surface area contributed by atoms with E-state index >= 15 is 0 Å². The van der Waals surface area contributed by atoms with E-state index in [-0.39, 0.29) is 41.1 Å². The van der Waals surface area contributed by atoms with E-state index < -0.39 is 0 Å². The number of hydrogen-bond acceptors (Lipinski definition) is 7. The molecule has 0 radical (unpaired) electrons. The van der Waals surface area contributed by atoms with Crippen LogP contribution in [0, 0.1) is 0 Å². The normalized spacial score (nSPS) is 8.21. The third-order valence-corrected chi connectivity index (χ3v) is 5.03. The fourth-order valence-corrected chi connectivity index (χ4v) is 1.66. The third kappa shape index (κ3) is 207. The molecule has 0 rings (SSSR count). The van der Waals surface area contributed by atoms with Crippen LogP contribution in [0.4, 0.5) is 0 Å². The zero-order valence-corrected chi connectivity index (χ0v) is 35.4. The lowest BCUT2D eigenvalue weighted by atomic mass is 10.2. The number of unbranched alkanes of at least 4 members (excludes halogenated alkanes) is 3. The van der Waals surface area contributed by atoms with Crippen molar-refractivity contribution in [2.24, 2.45) is 0 Å². The van der Waals surface area contributed by atoms with Crippen molar-refractivity contribution < 1.29 is 33.6 Å². The molecular weight excluding hydrogens is 604 g/mol. The Morgan fingerprint density at radius 3 is 0.604 bits per heavy atom. The summed E-state index contributed by atoms with van der Waals surface area (Å²) >= 11 is 0. The second-order valence-electron chi connectivity index (χ2n) is 10.9. The van der Waals surface area contributed by atoms with Crippen molar-refractivity contribution >= 4 is 40.5 Å². The highest BCUT2D eigenvalue weighted by atomic mass is 16.2. The summed E-state index contributed by atoms with van der Waals surface area (Å²) in [6.07, 6.45) is 16.9. The Balaban J connectivity index is -0.0000000512. The van der Waals surface area contributed by atoms with Crippen molar-refractivity contribution in [1.82, 2.24) is 0 Å². The quantitative estimate of drug-likeness (QED) is 0.139. The molecule has 0 spiro atoms. The van der Waals surface area contributed by atoms with Crippen molar-refractivity contribution in [3.8, 4) is 0 Å². The topological polar surface area (TPSA) is 119 Å². The van der Waals surface area contributed by atoms with E-state index in [1.807, 2.05) is 67.5 Å². The van der Waals surface area contributed by atoms with Crippen LogP contribution in [0.1, 0.15) is 215 Å². The predicted octanol–water partition coefficient (Wildman–Crippen LogP) is 12.2. The number of rotatable bonds is 13. The van der Waals surface area contributed by atoms with Gasteiger partial charge in [0.05, 0.1) is 6.42 Å². The maximum absolute atomic E-state index is 10.2. The van der Waals surface area contributed by atoms with E-state index in [1.54, 1.807) is 27.7 Å². The lowest BCUT2D eigenvalue weighted by Crippen LogP contribution is -1.97. The second kappa shape index (κ2) is 70.7. The molecule has 0 atom stereocenters. The number of carbonyl (C=O) groups excluding carboxylic acids is 7. The van der Waals surface area contributed by atoms with Gasteiger partial charge in [0.25, 0.3) is 0 Å². The van der Waals surface area contributed by atoms with Gasteiger partial charge < -0.3 is 19.2 Å². The largest absolute Gasteiger partial charge is 0.300 e. The van der Waals surface area contributed by atoms with Crippen LogP contribution in [0.2, 0.25) is 0 Å². The van der Waals surface area contributed by atoms with Crippen LogP contribution in [0.25, 0.3) is 0 Å². The Kier molecular flexibility index (Phi) is 99.5. The Morgan fingerprint density at radius 2 is 0.604 bits per heavy atom. The van der Waals surface area contributed by atoms with Gasteiger partial charge in [0.2, 0.25) is 0 Å². The summed E-state index contributed by atoms with van der Waals surface area (Å²) in [5, 5.41) is 0. The molecule has 0 aliphatic carbocycles. The monoisotopic (exact) mass is 689 g/mol. The maximum atomic E-state index is 10.2. The zero-order chi connectivity index (χ0) is 40.4. The van der Waals surface area contributed by atoms with Gasteiger partial charge in [0, 0.05) is 38.5 Å². The van der Waals surface area contributed by atoms with Crippen molar-refractivity contribution in [3.63, 3.8) is 0 Å². The Morgan fingerprint density at radius 1 is 0.354 bits per heavy atom. The van der Waals surface area contributed by atoms with Crippen molar-refractivity contribution in [2.75, 3.05) is 0 Å². The first-order valence-electron chi connectivity index (χ1n) is 18.3. The van der Waals surface area contributed by atoms with E-state index in [1.165, 1.54) is 46.0 Å². The lowest BCUT2D eigenvalue weighted by Gasteiger charge is -1.81. The third-order valence-electron chi connectivity index (χ3n) is 5.03. The maximum Gasteiger partial charge on any atom is 0.137 e. The molecule has 0 saturated heterocycles. The Bertz CT molecular complexity index is 664. The van der Waals surface area contributed by atoms with Crippen LogP contribution in [-0.2, 0) is 33.6 Å². The summed E-state index contributed by atoms with van der Waals surface area (Å²) in [5.41, 5.74) is 0. The molecule has 290 valence electrons. The molecule has 0 aromatic rings. The molecule has 0 amide bonds. The number of hydrogen-bond donors (Lipinski definition) is 0. The van der Waals surface area contributed by atoms with Gasteiger partial charge in [-0.05, 0) is 68.2 Å². The summed E-state index contributed by atoms with van der Waals surface area (Å²) in [7, 11) is 0. The van der Waals surface area contributed by atoms with Crippen LogP contribution in [0.5, 0.6) is 0 Å². The Hall–Kier alpha value is -2.57. The molecule has 0 N–H and O–H groups in total. The van der Waals surface area contributed by atoms with Crippen molar-refractivity contribution in [3.05, 3.63) is 12.2 Å². The predicted molar refractivity (Wildman–Crippen MR) is 211 cm³/mol. The summed E-state index contributed by atoms with van der Waals surface area (Å²) in [4.78, 5) is 70.0. The second-order valence-corrected chi connectivity index (χ2v) is 10.9. The van der Waals surface area contributed by atoms with E-state index in [4.69, 9.17) is 0 Å². The first-order valence-corrected chi connectivity index (χ1v) is 18.3. The highest BCUT2D eigenvalue weighted by Crippen LogP contribution is 1.88. The van der Waals surface area contributed by atoms with Crippen LogP contribution in [0.3, 0.4) is 0 Å². The minimum absolute atomic E-state index is 0.0625. The molecule has 7 nitrogen and oxygen atoms in total. The molecule has 0 bridgehead atoms. The molecular formula is C41H84O7. The fourth-order valence-electron chi connectivity index (χ4n) is 1.66. The zero-order valence-electron chi connectivity index (χ0n) is 35.4. The summed E-state index contributed by atoms with van der Waals surface area (Å²) in [6, 6.07) is 0. The minimum Gasteiger partial charge on any atom is -0.300 e. The van der Waals surface area contributed by atoms with Gasteiger partial charge in [-0.3, -0.25) is 14.4 Å². The summed E-state index contributed by atoms with van der Waals surface area (Å²) in [5.74, 6) is 1.31. The van der Waals surface area contributed by atoms with E-state index in [9.17, 15) is 33.6 Å². The highest BCUT2D eigenvalue weighted by Gasteiger charge is 1.94. The molecule has 0 heterocycles. The van der Waals surface area contributed by atoms with Gasteiger partial charge >= 0.3 is 0 Å². The molecule has 0 aliphatic rings. The first kappa shape index (κ1) is 67.6. The van der Waals surface area contributed by atoms with Gasteiger partial charge in [-0.1, -0.05) is 113 Å². The van der Waals surface area contributed by atoms with Crippen LogP contribution in [0.15, 0.2) is 12.2 Å². The standard InChI is InChI=1S/C5H8O2.3C5H10O.C5H12.2C4H8O.C4H10.C4H8/c1-4(6)3-5(2)7;2*1-3-4-5(2)6;1-3-5(6)4-2;1-3-5-4-2;2*1-3-4(2)5;2*1-3-4-2/h3H2,1-2H3;3*3-4H2,1-2H3;3-5H2,1-2H3;2*3H2,1-2H3;3-4H2,1-2H3;3-4H,1-2H3. The molecule has 0 aromatic heterocycles. The van der Waals surface area contributed by atoms with E-state index in [0.717, 1.165) is 25.7 Å². The van der Waals surface area contributed by atoms with Gasteiger partial charge in [0.15, 0.2) is 0 Å². The van der Waals surface area contributed by atoms with Gasteiger partial charge in [-0.2, -0.15) is 0 Å². The number of ketones is 7. The number of Topliss-reactive ketones (excluding diaryl/α,β-unsaturated/α-hetero) is 7. The average molecular weight is 689 g/mol. The highest BCUT2D eigenvalue weighted by molar-refractivity contribution is 5.96. The molecule has 0 saturated carbocycles. The van der Waals surface area contributed by atoms with Crippen LogP contribution >= 0.6 is 0 Å². The summed E-state index contributed by atoms with van der Waals surface area (Å²) in [6.45, 7) is 33.5.